The number of rotatable bonds is 20. The highest BCUT2D eigenvalue weighted by atomic mass is 80.0. The third kappa shape index (κ3) is 28.1. The number of benzene rings is 6. The standard InChI is InChI=1S/C27H39NO2.C11H12Br3NO4S.C10H8Br3NO5S.2C8H7Br3O2S/c1-8-26(4,5)22-14-15-24(23(19-22)27(6,7)9-2)30-17-11-16-28-25(29)21-13-10-12-20(3)18-21;1-15(5-6-16)10(17)8-3-2-4-9(7-8)20(18,19)11(12,13)14;11-10(12,13)20(18,19)7-3-1-2-6(4-7)9(17)14-5-8(15)16;2*1-6-3-2-4-7(5-6)14(12,13)8(9,10)11/h10,12-15,18-19H,8-9,11,16-17H2,1-7H3,(H,28,29);2-4,7,16H,5-6H2,1H3;1-4H,5H2,(H,14,17)(H,15,16);2*2-5H,1H3. The average Bonchev–Trinajstić information content (AvgIpc) is 0.820. The molecule has 6 aromatic rings. The van der Waals surface area contributed by atoms with E-state index in [1.165, 1.54) is 65.5 Å². The Morgan fingerprint density at radius 3 is 1.21 bits per heavy atom. The van der Waals surface area contributed by atoms with E-state index in [-0.39, 0.29) is 66.5 Å². The number of halogens is 12. The summed E-state index contributed by atoms with van der Waals surface area (Å²) in [4.78, 5) is 48.1. The SMILES string of the molecule is CCC(C)(C)c1ccc(OCCCNC(=O)c2cccc(C)c2)c(C(C)(C)CC)c1.CN(CCO)C(=O)c1cccc(S(=O)(=O)C(Br)(Br)Br)c1.Cc1cccc(S(=O)(=O)C(Br)(Br)Br)c1.Cc1cccc(S(=O)(=O)C(Br)(Br)Br)c1.O=C(O)CNC(=O)c1cccc(S(=O)(=O)C(Br)(Br)Br)c1. The molecule has 3 amide bonds. The predicted molar refractivity (Wildman–Crippen MR) is 433 cm³/mol. The Morgan fingerprint density at radius 2 is 0.837 bits per heavy atom. The lowest BCUT2D eigenvalue weighted by Gasteiger charge is -2.30. The minimum atomic E-state index is -3.81. The van der Waals surface area contributed by atoms with Gasteiger partial charge in [-0.25, -0.2) is 33.7 Å². The summed E-state index contributed by atoms with van der Waals surface area (Å²) in [5, 5.41) is 22.4. The Bertz CT molecular complexity index is 4110. The number of nitrogens with one attached hydrogen (secondary N) is 2. The maximum atomic E-state index is 12.3. The molecular formula is C64H73Br12N3O15S4. The summed E-state index contributed by atoms with van der Waals surface area (Å²) in [5.74, 6) is -1.29. The van der Waals surface area contributed by atoms with Crippen molar-refractivity contribution in [3.05, 3.63) is 184 Å². The lowest BCUT2D eigenvalue weighted by molar-refractivity contribution is -0.135. The lowest BCUT2D eigenvalue weighted by atomic mass is 9.76. The van der Waals surface area contributed by atoms with Crippen LogP contribution in [0.3, 0.4) is 0 Å². The van der Waals surface area contributed by atoms with Crippen LogP contribution >= 0.6 is 191 Å². The Kier molecular flexibility index (Phi) is 37.6. The molecule has 0 spiro atoms. The Labute approximate surface area is 676 Å². The van der Waals surface area contributed by atoms with E-state index in [4.69, 9.17) is 14.9 Å². The molecule has 6 rings (SSSR count). The van der Waals surface area contributed by atoms with Crippen molar-refractivity contribution >= 4 is 254 Å². The third-order valence-corrected chi connectivity index (χ3v) is 35.5. The van der Waals surface area contributed by atoms with Gasteiger partial charge in [0.15, 0.2) is 0 Å². The molecule has 98 heavy (non-hydrogen) atoms. The fourth-order valence-electron chi connectivity index (χ4n) is 7.78. The van der Waals surface area contributed by atoms with Gasteiger partial charge in [-0.1, -0.05) is 108 Å². The van der Waals surface area contributed by atoms with Crippen molar-refractivity contribution < 1.29 is 67.8 Å². The molecule has 4 N–H and O–H groups in total. The zero-order valence-corrected chi connectivity index (χ0v) is 76.6. The largest absolute Gasteiger partial charge is 0.493 e. The number of sulfone groups is 4. The zero-order chi connectivity index (χ0) is 75.4. The number of nitrogens with zero attached hydrogens (tertiary/aromatic N) is 1. The van der Waals surface area contributed by atoms with E-state index in [1.807, 2.05) is 57.2 Å². The first kappa shape index (κ1) is 92.6. The van der Waals surface area contributed by atoms with Gasteiger partial charge in [0.1, 0.15) is 12.3 Å². The van der Waals surface area contributed by atoms with Gasteiger partial charge in [0.2, 0.25) is 45.2 Å². The van der Waals surface area contributed by atoms with Crippen LogP contribution in [0.15, 0.2) is 159 Å². The van der Waals surface area contributed by atoms with E-state index < -0.39 is 63.7 Å². The number of aliphatic hydroxyl groups excluding tert-OH is 1. The number of ether oxygens (including phenoxy) is 1. The normalized spacial score (nSPS) is 12.3. The molecule has 6 aromatic carbocycles. The van der Waals surface area contributed by atoms with Crippen LogP contribution in [0.5, 0.6) is 5.75 Å². The van der Waals surface area contributed by atoms with Crippen molar-refractivity contribution in [2.45, 2.75) is 118 Å². The van der Waals surface area contributed by atoms with Gasteiger partial charge in [-0.3, -0.25) is 19.2 Å². The molecule has 0 unspecified atom stereocenters. The smallest absolute Gasteiger partial charge is 0.322 e. The quantitative estimate of drug-likeness (QED) is 0.0408. The van der Waals surface area contributed by atoms with Crippen molar-refractivity contribution in [1.82, 2.24) is 15.5 Å². The molecule has 0 radical (unpaired) electrons. The number of aryl methyl sites for hydroxylation is 3. The van der Waals surface area contributed by atoms with E-state index >= 15 is 0 Å². The van der Waals surface area contributed by atoms with Crippen molar-refractivity contribution in [1.29, 1.82) is 0 Å². The monoisotopic (exact) mass is 2200 g/mol. The minimum absolute atomic E-state index is 0.00799. The lowest BCUT2D eigenvalue weighted by Crippen LogP contribution is -2.29. The van der Waals surface area contributed by atoms with Gasteiger partial charge in [-0.15, -0.1) is 0 Å². The number of hydrogen-bond acceptors (Lipinski definition) is 14. The van der Waals surface area contributed by atoms with Crippen LogP contribution in [0.4, 0.5) is 0 Å². The van der Waals surface area contributed by atoms with Gasteiger partial charge in [0, 0.05) is 42.4 Å². The third-order valence-electron chi connectivity index (χ3n) is 14.2. The van der Waals surface area contributed by atoms with Crippen molar-refractivity contribution in [2.24, 2.45) is 0 Å². The maximum absolute atomic E-state index is 12.3. The highest BCUT2D eigenvalue weighted by Crippen LogP contribution is 2.46. The number of carboxylic acids is 1. The molecule has 0 saturated carbocycles. The van der Waals surface area contributed by atoms with E-state index in [0.717, 1.165) is 47.8 Å². The molecule has 0 aromatic heterocycles. The fraction of sp³-hybridized carbons (Fsp3) is 0.375. The first-order chi connectivity index (χ1) is 44.8. The number of aliphatic carboxylic acids is 1. The summed E-state index contributed by atoms with van der Waals surface area (Å²) in [7, 11) is -12.9. The summed E-state index contributed by atoms with van der Waals surface area (Å²) < 4.78 is 96.7. The van der Waals surface area contributed by atoms with Gasteiger partial charge in [-0.05, 0) is 338 Å². The van der Waals surface area contributed by atoms with E-state index in [9.17, 15) is 52.8 Å². The zero-order valence-electron chi connectivity index (χ0n) is 54.3. The van der Waals surface area contributed by atoms with Gasteiger partial charge >= 0.3 is 5.97 Å². The molecule has 0 fully saturated rings. The Balaban J connectivity index is 0.000000430. The molecule has 0 heterocycles. The molecule has 0 atom stereocenters. The highest BCUT2D eigenvalue weighted by molar-refractivity contribution is 9.43. The topological polar surface area (TPSA) is 282 Å². The van der Waals surface area contributed by atoms with Crippen LogP contribution < -0.4 is 15.4 Å². The number of carbonyl (C=O) groups is 4. The van der Waals surface area contributed by atoms with Gasteiger partial charge in [0.05, 0.1) is 32.8 Å². The Hall–Kier alpha value is -1.48. The molecular weight excluding hydrogens is 2140 g/mol. The van der Waals surface area contributed by atoms with E-state index in [0.29, 0.717) is 18.7 Å². The second kappa shape index (κ2) is 39.8. The molecule has 0 bridgehead atoms. The first-order valence-electron chi connectivity index (χ1n) is 28.8. The van der Waals surface area contributed by atoms with Crippen LogP contribution in [0, 0.1) is 20.8 Å². The predicted octanol–water partition coefficient (Wildman–Crippen LogP) is 18.1. The number of carboxylic acid groups (broad SMARTS) is 1. The second-order valence-corrected chi connectivity index (χ2v) is 64.2. The molecule has 34 heteroatoms. The van der Waals surface area contributed by atoms with Crippen LogP contribution in [-0.4, -0.2) is 118 Å². The molecule has 542 valence electrons. The summed E-state index contributed by atoms with van der Waals surface area (Å²) in [6.07, 6.45) is 2.91. The maximum Gasteiger partial charge on any atom is 0.322 e. The van der Waals surface area contributed by atoms with Crippen molar-refractivity contribution in [3.63, 3.8) is 0 Å². The fourth-order valence-corrected chi connectivity index (χ4v) is 17.9. The molecule has 0 aliphatic rings. The van der Waals surface area contributed by atoms with Crippen LogP contribution in [-0.2, 0) is 55.0 Å². The number of hydrogen-bond donors (Lipinski definition) is 4. The van der Waals surface area contributed by atoms with Crippen LogP contribution in [0.25, 0.3) is 0 Å². The summed E-state index contributed by atoms with van der Waals surface area (Å²) in [5.41, 5.74) is 6.72. The van der Waals surface area contributed by atoms with Gasteiger partial charge < -0.3 is 30.5 Å². The summed E-state index contributed by atoms with van der Waals surface area (Å²) >= 11 is 35.7. The van der Waals surface area contributed by atoms with Gasteiger partial charge in [-0.2, -0.15) is 0 Å². The van der Waals surface area contributed by atoms with Crippen molar-refractivity contribution in [3.8, 4) is 5.75 Å². The molecule has 0 aliphatic carbocycles. The number of likely N-dealkylation sites (N-methyl/N-ethyl adjacent to an activating group) is 1. The number of amides is 3. The van der Waals surface area contributed by atoms with E-state index in [1.54, 1.807) is 36.4 Å². The van der Waals surface area contributed by atoms with Gasteiger partial charge in [0.25, 0.3) is 17.7 Å². The molecule has 18 nitrogen and oxygen atoms in total. The Morgan fingerprint density at radius 1 is 0.480 bits per heavy atom. The molecule has 0 saturated heterocycles. The number of carbonyl (C=O) groups excluding carboxylic acids is 3. The first-order valence-corrected chi connectivity index (χ1v) is 44.3. The highest BCUT2D eigenvalue weighted by Gasteiger charge is 2.40. The minimum Gasteiger partial charge on any atom is -0.493 e. The number of aliphatic hydroxyl groups is 1. The molecule has 0 aliphatic heterocycles. The van der Waals surface area contributed by atoms with Crippen LogP contribution in [0.2, 0.25) is 0 Å². The second-order valence-electron chi connectivity index (χ2n) is 22.5. The van der Waals surface area contributed by atoms with Crippen molar-refractivity contribution in [2.75, 3.05) is 39.9 Å². The average molecular weight is 2210 g/mol. The van der Waals surface area contributed by atoms with E-state index in [2.05, 4.69) is 262 Å². The van der Waals surface area contributed by atoms with Crippen LogP contribution in [0.1, 0.15) is 120 Å². The summed E-state index contributed by atoms with van der Waals surface area (Å²) in [6, 6.07) is 38.7. The number of alkyl halides is 12. The summed E-state index contributed by atoms with van der Waals surface area (Å²) in [6.45, 7) is 19.9.